The Morgan fingerprint density at radius 2 is 1.43 bits per heavy atom. The lowest BCUT2D eigenvalue weighted by Gasteiger charge is -2.19. The number of hydrogen-bond donors (Lipinski definition) is 0. The topological polar surface area (TPSA) is 50.5 Å². The van der Waals surface area contributed by atoms with E-state index in [0.717, 1.165) is 48.4 Å². The third kappa shape index (κ3) is 3.47. The van der Waals surface area contributed by atoms with Gasteiger partial charge in [0.2, 0.25) is 0 Å². The fourth-order valence-corrected chi connectivity index (χ4v) is 4.13. The van der Waals surface area contributed by atoms with Crippen LogP contribution in [0.3, 0.4) is 0 Å². The molecule has 2 aromatic heterocycles. The van der Waals surface area contributed by atoms with Gasteiger partial charge < -0.3 is 4.90 Å². The van der Waals surface area contributed by atoms with Crippen LogP contribution in [0.25, 0.3) is 28.2 Å². The summed E-state index contributed by atoms with van der Waals surface area (Å²) in [6, 6.07) is 22.3. The van der Waals surface area contributed by atoms with E-state index in [0.29, 0.717) is 11.2 Å². The van der Waals surface area contributed by atoms with E-state index in [-0.39, 0.29) is 5.91 Å². The third-order valence-corrected chi connectivity index (χ3v) is 5.73. The molecule has 0 bridgehead atoms. The number of carbonyl (C=O) groups is 1. The van der Waals surface area contributed by atoms with Gasteiger partial charge >= 0.3 is 0 Å². The molecule has 0 spiro atoms. The Hall–Kier alpha value is -3.47. The Balaban J connectivity index is 1.67. The molecule has 3 heterocycles. The molecule has 1 aliphatic heterocycles. The van der Waals surface area contributed by atoms with Crippen LogP contribution in [0, 0.1) is 0 Å². The number of likely N-dealkylation sites (tertiary alicyclic amines) is 1. The van der Waals surface area contributed by atoms with Gasteiger partial charge in [-0.1, -0.05) is 73.5 Å². The molecule has 5 nitrogen and oxygen atoms in total. The lowest BCUT2D eigenvalue weighted by Crippen LogP contribution is -2.31. The maximum Gasteiger partial charge on any atom is 0.259 e. The normalized spacial score (nSPS) is 14.6. The van der Waals surface area contributed by atoms with Crippen LogP contribution >= 0.6 is 0 Å². The molecule has 0 aliphatic carbocycles. The Bertz CT molecular complexity index is 1160. The summed E-state index contributed by atoms with van der Waals surface area (Å²) in [6.07, 6.45) is 6.17. The van der Waals surface area contributed by atoms with Gasteiger partial charge in [0, 0.05) is 24.2 Å². The second-order valence-corrected chi connectivity index (χ2v) is 7.76. The van der Waals surface area contributed by atoms with E-state index in [9.17, 15) is 4.79 Å². The zero-order valence-electron chi connectivity index (χ0n) is 16.9. The zero-order valence-corrected chi connectivity index (χ0v) is 16.9. The van der Waals surface area contributed by atoms with E-state index in [2.05, 4.69) is 17.2 Å². The molecule has 1 saturated heterocycles. The van der Waals surface area contributed by atoms with Crippen LogP contribution in [0.5, 0.6) is 0 Å². The summed E-state index contributed by atoms with van der Waals surface area (Å²) in [5.41, 5.74) is 5.02. The van der Waals surface area contributed by atoms with E-state index >= 15 is 0 Å². The predicted molar refractivity (Wildman–Crippen MR) is 118 cm³/mol. The van der Waals surface area contributed by atoms with Gasteiger partial charge in [-0.2, -0.15) is 5.10 Å². The second kappa shape index (κ2) is 8.11. The molecule has 1 amide bonds. The Labute approximate surface area is 176 Å². The molecule has 1 fully saturated rings. The molecule has 0 atom stereocenters. The van der Waals surface area contributed by atoms with Crippen LogP contribution in [-0.2, 0) is 0 Å². The fraction of sp³-hybridized carbons (Fsp3) is 0.240. The van der Waals surface area contributed by atoms with E-state index in [1.165, 1.54) is 12.8 Å². The molecule has 5 rings (SSSR count). The molecule has 0 saturated carbocycles. The van der Waals surface area contributed by atoms with E-state index in [1.807, 2.05) is 59.5 Å². The third-order valence-electron chi connectivity index (χ3n) is 5.73. The molecule has 0 unspecified atom stereocenters. The summed E-state index contributed by atoms with van der Waals surface area (Å²) in [5.74, 6) is 0.0311. The molecule has 4 aromatic rings. The van der Waals surface area contributed by atoms with Crippen molar-refractivity contribution in [2.24, 2.45) is 0 Å². The standard InChI is InChI=1S/C25H24N4O/c30-25(28-15-9-1-2-10-16-28)21-18-26-29-23(20-13-7-4-8-14-20)17-22(27-24(21)29)19-11-5-3-6-12-19/h3-8,11-14,17-18H,1-2,9-10,15-16H2. The van der Waals surface area contributed by atoms with Gasteiger partial charge in [0.25, 0.3) is 5.91 Å². The molecule has 30 heavy (non-hydrogen) atoms. The smallest absolute Gasteiger partial charge is 0.259 e. The van der Waals surface area contributed by atoms with Crippen LogP contribution in [0.4, 0.5) is 0 Å². The maximum absolute atomic E-state index is 13.4. The van der Waals surface area contributed by atoms with Crippen LogP contribution < -0.4 is 0 Å². The average molecular weight is 396 g/mol. The number of nitrogens with zero attached hydrogens (tertiary/aromatic N) is 4. The number of fused-ring (bicyclic) bond motifs is 1. The summed E-state index contributed by atoms with van der Waals surface area (Å²) < 4.78 is 1.80. The number of benzene rings is 2. The van der Waals surface area contributed by atoms with Crippen molar-refractivity contribution in [1.29, 1.82) is 0 Å². The summed E-state index contributed by atoms with van der Waals surface area (Å²) in [5, 5.41) is 4.58. The van der Waals surface area contributed by atoms with Crippen molar-refractivity contribution in [2.75, 3.05) is 13.1 Å². The number of aromatic nitrogens is 3. The zero-order chi connectivity index (χ0) is 20.3. The highest BCUT2D eigenvalue weighted by molar-refractivity contribution is 6.00. The van der Waals surface area contributed by atoms with Gasteiger partial charge in [0.1, 0.15) is 5.56 Å². The van der Waals surface area contributed by atoms with Gasteiger partial charge in [-0.3, -0.25) is 4.79 Å². The largest absolute Gasteiger partial charge is 0.338 e. The highest BCUT2D eigenvalue weighted by Crippen LogP contribution is 2.28. The quantitative estimate of drug-likeness (QED) is 0.485. The second-order valence-electron chi connectivity index (χ2n) is 7.76. The molecule has 150 valence electrons. The van der Waals surface area contributed by atoms with Gasteiger partial charge in [-0.05, 0) is 18.9 Å². The number of amides is 1. The van der Waals surface area contributed by atoms with Crippen LogP contribution in [-0.4, -0.2) is 38.5 Å². The molecule has 1 aliphatic rings. The van der Waals surface area contributed by atoms with Crippen molar-refractivity contribution >= 4 is 11.6 Å². The minimum atomic E-state index is 0.0311. The average Bonchev–Trinajstić information content (AvgIpc) is 3.04. The molecule has 0 radical (unpaired) electrons. The van der Waals surface area contributed by atoms with Crippen molar-refractivity contribution in [3.05, 3.63) is 78.5 Å². The first kappa shape index (κ1) is 18.6. The van der Waals surface area contributed by atoms with Gasteiger partial charge in [0.05, 0.1) is 17.6 Å². The Morgan fingerprint density at radius 3 is 2.10 bits per heavy atom. The van der Waals surface area contributed by atoms with E-state index in [1.54, 1.807) is 10.7 Å². The maximum atomic E-state index is 13.4. The lowest BCUT2D eigenvalue weighted by atomic mass is 10.1. The monoisotopic (exact) mass is 396 g/mol. The fourth-order valence-electron chi connectivity index (χ4n) is 4.13. The number of carbonyl (C=O) groups excluding carboxylic acids is 1. The number of hydrogen-bond acceptors (Lipinski definition) is 3. The highest BCUT2D eigenvalue weighted by atomic mass is 16.2. The highest BCUT2D eigenvalue weighted by Gasteiger charge is 2.23. The van der Waals surface area contributed by atoms with E-state index in [4.69, 9.17) is 4.98 Å². The van der Waals surface area contributed by atoms with Gasteiger partial charge in [-0.25, -0.2) is 9.50 Å². The first-order valence-corrected chi connectivity index (χ1v) is 10.6. The van der Waals surface area contributed by atoms with Crippen molar-refractivity contribution in [3.63, 3.8) is 0 Å². The minimum Gasteiger partial charge on any atom is -0.338 e. The Kier molecular flexibility index (Phi) is 5.01. The van der Waals surface area contributed by atoms with Crippen LogP contribution in [0.1, 0.15) is 36.0 Å². The summed E-state index contributed by atoms with van der Waals surface area (Å²) in [4.78, 5) is 20.2. The molecular formula is C25H24N4O. The molecular weight excluding hydrogens is 372 g/mol. The Morgan fingerprint density at radius 1 is 0.800 bits per heavy atom. The van der Waals surface area contributed by atoms with E-state index < -0.39 is 0 Å². The summed E-state index contributed by atoms with van der Waals surface area (Å²) in [7, 11) is 0. The minimum absolute atomic E-state index is 0.0311. The molecule has 2 aromatic carbocycles. The predicted octanol–water partition coefficient (Wildman–Crippen LogP) is 5.08. The van der Waals surface area contributed by atoms with Gasteiger partial charge in [0.15, 0.2) is 5.65 Å². The van der Waals surface area contributed by atoms with Crippen molar-refractivity contribution in [1.82, 2.24) is 19.5 Å². The first-order valence-electron chi connectivity index (χ1n) is 10.6. The first-order chi connectivity index (χ1) is 14.8. The molecule has 0 N–H and O–H groups in total. The van der Waals surface area contributed by atoms with Crippen molar-refractivity contribution in [2.45, 2.75) is 25.7 Å². The van der Waals surface area contributed by atoms with Crippen LogP contribution in [0.15, 0.2) is 72.9 Å². The summed E-state index contributed by atoms with van der Waals surface area (Å²) >= 11 is 0. The van der Waals surface area contributed by atoms with Crippen molar-refractivity contribution in [3.8, 4) is 22.5 Å². The number of rotatable bonds is 3. The van der Waals surface area contributed by atoms with Crippen LogP contribution in [0.2, 0.25) is 0 Å². The SMILES string of the molecule is O=C(c1cnn2c(-c3ccccc3)cc(-c3ccccc3)nc12)N1CCCCCC1. The summed E-state index contributed by atoms with van der Waals surface area (Å²) in [6.45, 7) is 1.61. The lowest BCUT2D eigenvalue weighted by molar-refractivity contribution is 0.0763. The van der Waals surface area contributed by atoms with Crippen molar-refractivity contribution < 1.29 is 4.79 Å². The molecule has 5 heteroatoms. The van der Waals surface area contributed by atoms with Gasteiger partial charge in [-0.15, -0.1) is 0 Å².